The van der Waals surface area contributed by atoms with Gasteiger partial charge in [-0.1, -0.05) is 0 Å². The summed E-state index contributed by atoms with van der Waals surface area (Å²) in [5.74, 6) is 0. The fraction of sp³-hybridized carbons (Fsp3) is 0.889. The highest BCUT2D eigenvalue weighted by Gasteiger charge is 2.36. The van der Waals surface area contributed by atoms with E-state index in [4.69, 9.17) is 13.3 Å². The van der Waals surface area contributed by atoms with E-state index < -0.39 is 8.80 Å². The topological polar surface area (TPSA) is 69.2 Å². The normalized spacial score (nSPS) is 11.2. The Morgan fingerprint density at radius 1 is 1.19 bits per heavy atom. The zero-order valence-corrected chi connectivity index (χ0v) is 11.1. The molecule has 0 bridgehead atoms. The van der Waals surface area contributed by atoms with Crippen LogP contribution in [0.25, 0.3) is 0 Å². The minimum absolute atomic E-state index is 0.463. The highest BCUT2D eigenvalue weighted by atomic mass is 28.4. The molecule has 0 aromatic carbocycles. The lowest BCUT2D eigenvalue weighted by Gasteiger charge is -2.24. The van der Waals surface area contributed by atoms with E-state index in [-0.39, 0.29) is 0 Å². The summed E-state index contributed by atoms with van der Waals surface area (Å²) in [6, 6.07) is 0.764. The van der Waals surface area contributed by atoms with Crippen LogP contribution in [0, 0.1) is 0 Å². The minimum atomic E-state index is -2.42. The number of aliphatic imine (C=N–C) groups is 1. The maximum atomic E-state index is 9.78. The average molecular weight is 248 g/mol. The summed E-state index contributed by atoms with van der Waals surface area (Å²) in [5, 5.41) is 3.15. The molecule has 0 rings (SSSR count). The van der Waals surface area contributed by atoms with Crippen LogP contribution >= 0.6 is 0 Å². The van der Waals surface area contributed by atoms with Crippen molar-refractivity contribution in [3.63, 3.8) is 0 Å². The molecule has 0 amide bonds. The molecule has 0 unspecified atom stereocenters. The van der Waals surface area contributed by atoms with Gasteiger partial charge in [-0.25, -0.2) is 9.79 Å². The van der Waals surface area contributed by atoms with Crippen molar-refractivity contribution in [2.45, 2.75) is 12.5 Å². The van der Waals surface area contributed by atoms with Gasteiger partial charge in [-0.3, -0.25) is 0 Å². The van der Waals surface area contributed by atoms with Crippen molar-refractivity contribution < 1.29 is 18.1 Å². The molecule has 0 aromatic heterocycles. The Morgan fingerprint density at radius 3 is 2.31 bits per heavy atom. The molecule has 6 nitrogen and oxygen atoms in total. The Hall–Kier alpha value is -0.563. The van der Waals surface area contributed by atoms with Crippen molar-refractivity contribution in [2.24, 2.45) is 4.99 Å². The second-order valence-corrected chi connectivity index (χ2v) is 6.21. The molecule has 1 N–H and O–H groups in total. The van der Waals surface area contributed by atoms with Gasteiger partial charge >= 0.3 is 8.80 Å². The first kappa shape index (κ1) is 15.4. The van der Waals surface area contributed by atoms with Crippen molar-refractivity contribution in [1.82, 2.24) is 5.32 Å². The molecule has 0 saturated heterocycles. The Bertz CT molecular complexity index is 209. The van der Waals surface area contributed by atoms with Crippen LogP contribution in [0.5, 0.6) is 0 Å². The quantitative estimate of drug-likeness (QED) is 0.258. The highest BCUT2D eigenvalue weighted by Crippen LogP contribution is 2.14. The number of carbonyl (C=O) groups excluding carboxylic acids is 1. The maximum Gasteiger partial charge on any atom is 0.500 e. The predicted octanol–water partition coefficient (Wildman–Crippen LogP) is 0.180. The van der Waals surface area contributed by atoms with Gasteiger partial charge in [-0.2, -0.15) is 0 Å². The minimum Gasteiger partial charge on any atom is -0.377 e. The first-order valence-corrected chi connectivity index (χ1v) is 7.07. The molecule has 94 valence electrons. The number of nitrogens with one attached hydrogen (secondary N) is 1. The van der Waals surface area contributed by atoms with E-state index in [1.807, 2.05) is 0 Å². The number of nitrogens with zero attached hydrogens (tertiary/aromatic N) is 1. The molecule has 0 aliphatic rings. The summed E-state index contributed by atoms with van der Waals surface area (Å²) in [6.45, 7) is 1.96. The van der Waals surface area contributed by atoms with E-state index in [1.165, 1.54) is 6.08 Å². The molecule has 0 atom stereocenters. The molecule has 0 aliphatic heterocycles. The van der Waals surface area contributed by atoms with E-state index in [9.17, 15) is 4.79 Å². The van der Waals surface area contributed by atoms with Gasteiger partial charge in [-0.15, -0.1) is 0 Å². The Balaban J connectivity index is 3.58. The third kappa shape index (κ3) is 6.11. The van der Waals surface area contributed by atoms with Gasteiger partial charge < -0.3 is 18.6 Å². The molecule has 0 spiro atoms. The lowest BCUT2D eigenvalue weighted by Crippen LogP contribution is -2.43. The summed E-state index contributed by atoms with van der Waals surface area (Å²) in [7, 11) is 2.39. The largest absolute Gasteiger partial charge is 0.500 e. The zero-order valence-electron chi connectivity index (χ0n) is 10.1. The monoisotopic (exact) mass is 248 g/mol. The van der Waals surface area contributed by atoms with Crippen LogP contribution in [0.15, 0.2) is 4.99 Å². The standard InChI is InChI=1S/C9H20N2O4Si/c1-13-16(14-2,15-3)8-4-5-10-6-7-11-9-12/h10H,4-8H2,1-3H3. The third-order valence-corrected chi connectivity index (χ3v) is 5.07. The van der Waals surface area contributed by atoms with Crippen molar-refractivity contribution >= 4 is 14.9 Å². The molecule has 0 aliphatic carbocycles. The Kier molecular flexibility index (Phi) is 9.31. The average Bonchev–Trinajstić information content (AvgIpc) is 2.34. The van der Waals surface area contributed by atoms with E-state index in [1.54, 1.807) is 21.3 Å². The smallest absolute Gasteiger partial charge is 0.377 e. The van der Waals surface area contributed by atoms with Crippen LogP contribution < -0.4 is 5.32 Å². The van der Waals surface area contributed by atoms with E-state index in [0.29, 0.717) is 13.1 Å². The zero-order chi connectivity index (χ0) is 12.3. The molecule has 0 radical (unpaired) electrons. The molecular formula is C9H20N2O4Si. The number of rotatable bonds is 10. The Labute approximate surface area is 97.4 Å². The summed E-state index contributed by atoms with van der Waals surface area (Å²) in [5.41, 5.74) is 0. The Morgan fingerprint density at radius 2 is 1.81 bits per heavy atom. The fourth-order valence-electron chi connectivity index (χ4n) is 1.29. The number of isocyanates is 1. The van der Waals surface area contributed by atoms with Crippen molar-refractivity contribution in [3.05, 3.63) is 0 Å². The third-order valence-electron chi connectivity index (χ3n) is 2.23. The predicted molar refractivity (Wildman–Crippen MR) is 62.1 cm³/mol. The first-order chi connectivity index (χ1) is 7.74. The van der Waals surface area contributed by atoms with E-state index in [2.05, 4.69) is 10.3 Å². The van der Waals surface area contributed by atoms with Gasteiger partial charge in [0.1, 0.15) is 0 Å². The molecule has 16 heavy (non-hydrogen) atoms. The van der Waals surface area contributed by atoms with Gasteiger partial charge in [-0.05, 0) is 13.0 Å². The van der Waals surface area contributed by atoms with Gasteiger partial charge in [0.05, 0.1) is 6.54 Å². The van der Waals surface area contributed by atoms with Gasteiger partial charge in [0.2, 0.25) is 6.08 Å². The molecule has 0 aromatic rings. The summed E-state index contributed by atoms with van der Waals surface area (Å²) >= 11 is 0. The SMILES string of the molecule is CO[Si](CCCNCCN=C=O)(OC)OC. The van der Waals surface area contributed by atoms with Crippen LogP contribution in [-0.2, 0) is 18.1 Å². The second kappa shape index (κ2) is 9.65. The summed E-state index contributed by atoms with van der Waals surface area (Å²) in [4.78, 5) is 13.2. The van der Waals surface area contributed by atoms with Crippen LogP contribution in [0.2, 0.25) is 6.04 Å². The molecular weight excluding hydrogens is 228 g/mol. The van der Waals surface area contributed by atoms with Crippen LogP contribution in [0.3, 0.4) is 0 Å². The number of hydrogen-bond donors (Lipinski definition) is 1. The van der Waals surface area contributed by atoms with E-state index in [0.717, 1.165) is 19.0 Å². The summed E-state index contributed by atoms with van der Waals surface area (Å²) in [6.07, 6.45) is 2.39. The van der Waals surface area contributed by atoms with Gasteiger partial charge in [0.15, 0.2) is 0 Å². The van der Waals surface area contributed by atoms with E-state index >= 15 is 0 Å². The van der Waals surface area contributed by atoms with Crippen molar-refractivity contribution in [2.75, 3.05) is 41.0 Å². The lowest BCUT2D eigenvalue weighted by molar-refractivity contribution is 0.123. The highest BCUT2D eigenvalue weighted by molar-refractivity contribution is 6.60. The second-order valence-electron chi connectivity index (χ2n) is 3.12. The lowest BCUT2D eigenvalue weighted by atomic mass is 10.5. The van der Waals surface area contributed by atoms with Crippen molar-refractivity contribution in [3.8, 4) is 0 Å². The maximum absolute atomic E-state index is 9.78. The molecule has 0 saturated carbocycles. The van der Waals surface area contributed by atoms with Crippen LogP contribution in [-0.4, -0.2) is 55.8 Å². The van der Waals surface area contributed by atoms with Gasteiger partial charge in [0, 0.05) is 33.9 Å². The number of hydrogen-bond acceptors (Lipinski definition) is 6. The van der Waals surface area contributed by atoms with Crippen molar-refractivity contribution in [1.29, 1.82) is 0 Å². The molecule has 0 heterocycles. The van der Waals surface area contributed by atoms with Crippen LogP contribution in [0.1, 0.15) is 6.42 Å². The summed E-state index contributed by atoms with van der Waals surface area (Å²) < 4.78 is 15.8. The fourth-order valence-corrected chi connectivity index (χ4v) is 3.01. The molecule has 7 heteroatoms. The first-order valence-electron chi connectivity index (χ1n) is 5.14. The van der Waals surface area contributed by atoms with Gasteiger partial charge in [0.25, 0.3) is 0 Å². The van der Waals surface area contributed by atoms with Crippen LogP contribution in [0.4, 0.5) is 0 Å². The molecule has 0 fully saturated rings.